The van der Waals surface area contributed by atoms with E-state index in [1.54, 1.807) is 5.38 Å². The molecule has 92 valence electrons. The van der Waals surface area contributed by atoms with Gasteiger partial charge in [-0.1, -0.05) is 6.92 Å². The smallest absolute Gasteiger partial charge is 0.339 e. The Labute approximate surface area is 101 Å². The molecule has 0 N–H and O–H groups in total. The second-order valence-electron chi connectivity index (χ2n) is 3.29. The minimum absolute atomic E-state index is 0.225. The first kappa shape index (κ1) is 13.6. The van der Waals surface area contributed by atoms with E-state index < -0.39 is 12.7 Å². The maximum Gasteiger partial charge on any atom is 0.406 e. The average Bonchev–Trinajstić information content (AvgIpc) is 2.63. The van der Waals surface area contributed by atoms with Crippen LogP contribution in [0.15, 0.2) is 5.38 Å². The molecule has 1 aromatic rings. The number of hydrogen-bond acceptors (Lipinski definition) is 3. The van der Waals surface area contributed by atoms with Crippen LogP contribution in [0.2, 0.25) is 0 Å². The highest BCUT2D eigenvalue weighted by molar-refractivity contribution is 7.13. The number of rotatable bonds is 5. The van der Waals surface area contributed by atoms with E-state index in [0.29, 0.717) is 23.8 Å². The van der Waals surface area contributed by atoms with Gasteiger partial charge < -0.3 is 4.90 Å². The van der Waals surface area contributed by atoms with Crippen LogP contribution in [0.1, 0.15) is 19.0 Å². The normalized spacial score (nSPS) is 11.8. The van der Waals surface area contributed by atoms with Crippen LogP contribution in [-0.2, 0) is 5.88 Å². The quantitative estimate of drug-likeness (QED) is 0.761. The molecule has 16 heavy (non-hydrogen) atoms. The molecule has 1 rings (SSSR count). The molecule has 0 saturated heterocycles. The number of alkyl halides is 4. The Kier molecular flexibility index (Phi) is 4.86. The predicted octanol–water partition coefficient (Wildman–Crippen LogP) is 3.66. The topological polar surface area (TPSA) is 16.1 Å². The molecule has 0 aliphatic carbocycles. The minimum atomic E-state index is -4.21. The number of nitrogens with zero attached hydrogens (tertiary/aromatic N) is 2. The van der Waals surface area contributed by atoms with Gasteiger partial charge in [-0.25, -0.2) is 4.98 Å². The van der Waals surface area contributed by atoms with Gasteiger partial charge in [0.2, 0.25) is 0 Å². The van der Waals surface area contributed by atoms with Gasteiger partial charge in [-0.2, -0.15) is 13.2 Å². The Morgan fingerprint density at radius 3 is 2.62 bits per heavy atom. The largest absolute Gasteiger partial charge is 0.406 e. The van der Waals surface area contributed by atoms with Crippen molar-refractivity contribution in [3.63, 3.8) is 0 Å². The van der Waals surface area contributed by atoms with Crippen molar-refractivity contribution in [2.24, 2.45) is 0 Å². The van der Waals surface area contributed by atoms with Gasteiger partial charge in [0, 0.05) is 11.9 Å². The molecular weight excluding hydrogens is 261 g/mol. The van der Waals surface area contributed by atoms with E-state index in [-0.39, 0.29) is 5.88 Å². The standard InChI is InChI=1S/C9H12ClF3N2S/c1-2-3-15(6-9(11,12)13)8-14-7(4-10)5-16-8/h5H,2-4,6H2,1H3. The molecule has 1 aromatic heterocycles. The molecule has 0 bridgehead atoms. The van der Waals surface area contributed by atoms with Gasteiger partial charge in [0.15, 0.2) is 5.13 Å². The van der Waals surface area contributed by atoms with Crippen molar-refractivity contribution in [2.75, 3.05) is 18.0 Å². The summed E-state index contributed by atoms with van der Waals surface area (Å²) in [6, 6.07) is 0. The summed E-state index contributed by atoms with van der Waals surface area (Å²) in [7, 11) is 0. The van der Waals surface area contributed by atoms with E-state index in [1.807, 2.05) is 6.92 Å². The third-order valence-electron chi connectivity index (χ3n) is 1.81. The average molecular weight is 273 g/mol. The highest BCUT2D eigenvalue weighted by Gasteiger charge is 2.31. The maximum atomic E-state index is 12.3. The van der Waals surface area contributed by atoms with Crippen LogP contribution in [-0.4, -0.2) is 24.2 Å². The van der Waals surface area contributed by atoms with Gasteiger partial charge in [0.05, 0.1) is 11.6 Å². The summed E-state index contributed by atoms with van der Waals surface area (Å²) >= 11 is 6.75. The first-order valence-electron chi connectivity index (χ1n) is 4.78. The molecule has 0 aliphatic rings. The fourth-order valence-corrected chi connectivity index (χ4v) is 2.31. The van der Waals surface area contributed by atoms with Crippen LogP contribution in [0.3, 0.4) is 0 Å². The fourth-order valence-electron chi connectivity index (χ4n) is 1.23. The third-order valence-corrected chi connectivity index (χ3v) is 3.03. The predicted molar refractivity (Wildman–Crippen MR) is 60.2 cm³/mol. The van der Waals surface area contributed by atoms with E-state index in [1.165, 1.54) is 16.2 Å². The van der Waals surface area contributed by atoms with Crippen LogP contribution in [0.4, 0.5) is 18.3 Å². The van der Waals surface area contributed by atoms with Gasteiger partial charge in [0.25, 0.3) is 0 Å². The van der Waals surface area contributed by atoms with E-state index in [0.717, 1.165) is 0 Å². The zero-order valence-corrected chi connectivity index (χ0v) is 10.3. The Bertz CT molecular complexity index is 327. The summed E-state index contributed by atoms with van der Waals surface area (Å²) in [6.45, 7) is 1.21. The number of halogens is 4. The van der Waals surface area contributed by atoms with Crippen molar-refractivity contribution in [1.82, 2.24) is 4.98 Å². The van der Waals surface area contributed by atoms with Crippen LogP contribution < -0.4 is 4.90 Å². The summed E-state index contributed by atoms with van der Waals surface area (Å²) in [5.74, 6) is 0.225. The SMILES string of the molecule is CCCN(CC(F)(F)F)c1nc(CCl)cs1. The summed E-state index contributed by atoms with van der Waals surface area (Å²) in [4.78, 5) is 5.28. The van der Waals surface area contributed by atoms with Crippen molar-refractivity contribution in [3.8, 4) is 0 Å². The Morgan fingerprint density at radius 2 is 2.19 bits per heavy atom. The Balaban J connectivity index is 2.76. The highest BCUT2D eigenvalue weighted by atomic mass is 35.5. The lowest BCUT2D eigenvalue weighted by molar-refractivity contribution is -0.119. The molecule has 2 nitrogen and oxygen atoms in total. The van der Waals surface area contributed by atoms with Crippen molar-refractivity contribution in [3.05, 3.63) is 11.1 Å². The molecule has 0 aliphatic heterocycles. The summed E-state index contributed by atoms with van der Waals surface area (Å²) in [5, 5.41) is 2.07. The van der Waals surface area contributed by atoms with Gasteiger partial charge in [-0.15, -0.1) is 22.9 Å². The maximum absolute atomic E-state index is 12.3. The number of aromatic nitrogens is 1. The molecule has 0 radical (unpaired) electrons. The summed E-state index contributed by atoms with van der Waals surface area (Å²) in [6.07, 6.45) is -3.56. The van der Waals surface area contributed by atoms with Crippen LogP contribution >= 0.6 is 22.9 Å². The lowest BCUT2D eigenvalue weighted by Gasteiger charge is -2.22. The lowest BCUT2D eigenvalue weighted by Crippen LogP contribution is -2.34. The Morgan fingerprint density at radius 1 is 1.50 bits per heavy atom. The highest BCUT2D eigenvalue weighted by Crippen LogP contribution is 2.25. The van der Waals surface area contributed by atoms with Gasteiger partial charge in [-0.05, 0) is 6.42 Å². The minimum Gasteiger partial charge on any atom is -0.339 e. The molecule has 0 atom stereocenters. The fraction of sp³-hybridized carbons (Fsp3) is 0.667. The zero-order valence-electron chi connectivity index (χ0n) is 8.72. The Hall–Kier alpha value is -0.490. The molecule has 0 fully saturated rings. The van der Waals surface area contributed by atoms with Crippen molar-refractivity contribution in [1.29, 1.82) is 0 Å². The van der Waals surface area contributed by atoms with Crippen molar-refractivity contribution < 1.29 is 13.2 Å². The summed E-state index contributed by atoms with van der Waals surface area (Å²) < 4.78 is 36.9. The molecule has 0 unspecified atom stereocenters. The van der Waals surface area contributed by atoms with Crippen molar-refractivity contribution in [2.45, 2.75) is 25.4 Å². The third kappa shape index (κ3) is 4.17. The molecule has 0 amide bonds. The summed E-state index contributed by atoms with van der Waals surface area (Å²) in [5.41, 5.74) is 0.616. The van der Waals surface area contributed by atoms with Gasteiger partial charge in [-0.3, -0.25) is 0 Å². The number of thiazole rings is 1. The van der Waals surface area contributed by atoms with E-state index >= 15 is 0 Å². The number of hydrogen-bond donors (Lipinski definition) is 0. The molecule has 0 aromatic carbocycles. The lowest BCUT2D eigenvalue weighted by atomic mass is 10.4. The van der Waals surface area contributed by atoms with E-state index in [9.17, 15) is 13.2 Å². The molecule has 7 heteroatoms. The molecule has 0 saturated carbocycles. The van der Waals surface area contributed by atoms with E-state index in [4.69, 9.17) is 11.6 Å². The van der Waals surface area contributed by atoms with Gasteiger partial charge in [0.1, 0.15) is 6.54 Å². The first-order valence-corrected chi connectivity index (χ1v) is 6.19. The number of anilines is 1. The van der Waals surface area contributed by atoms with Crippen LogP contribution in [0.5, 0.6) is 0 Å². The second kappa shape index (κ2) is 5.72. The first-order chi connectivity index (χ1) is 7.46. The van der Waals surface area contributed by atoms with Crippen LogP contribution in [0.25, 0.3) is 0 Å². The van der Waals surface area contributed by atoms with Crippen LogP contribution in [0, 0.1) is 0 Å². The van der Waals surface area contributed by atoms with Gasteiger partial charge >= 0.3 is 6.18 Å². The monoisotopic (exact) mass is 272 g/mol. The van der Waals surface area contributed by atoms with Crippen molar-refractivity contribution >= 4 is 28.1 Å². The second-order valence-corrected chi connectivity index (χ2v) is 4.40. The molecule has 0 spiro atoms. The molecular formula is C9H12ClF3N2S. The van der Waals surface area contributed by atoms with E-state index in [2.05, 4.69) is 4.98 Å². The zero-order chi connectivity index (χ0) is 12.2. The molecule has 1 heterocycles.